The first-order chi connectivity index (χ1) is 9.33. The molecule has 0 aliphatic rings. The number of nitrogens with one attached hydrogen (secondary N) is 1. The zero-order valence-electron chi connectivity index (χ0n) is 11.3. The third-order valence-corrected chi connectivity index (χ3v) is 2.79. The molecule has 1 N–H and O–H groups in total. The Kier molecular flexibility index (Phi) is 4.80. The minimum absolute atomic E-state index is 0.659. The number of hydrogen-bond donors (Lipinski definition) is 1. The molecule has 19 heavy (non-hydrogen) atoms. The highest BCUT2D eigenvalue weighted by Crippen LogP contribution is 2.15. The summed E-state index contributed by atoms with van der Waals surface area (Å²) in [5.41, 5.74) is 1.17. The molecule has 0 saturated heterocycles. The molecule has 5 nitrogen and oxygen atoms in total. The number of aromatic nitrogens is 2. The van der Waals surface area contributed by atoms with Crippen LogP contribution >= 0.6 is 0 Å². The Balaban J connectivity index is 2.03. The molecule has 0 amide bonds. The van der Waals surface area contributed by atoms with Gasteiger partial charge < -0.3 is 19.4 Å². The van der Waals surface area contributed by atoms with Crippen LogP contribution in [0.4, 0.5) is 5.95 Å². The fourth-order valence-electron chi connectivity index (χ4n) is 1.84. The van der Waals surface area contributed by atoms with Gasteiger partial charge in [-0.1, -0.05) is 12.1 Å². The van der Waals surface area contributed by atoms with Crippen molar-refractivity contribution in [3.63, 3.8) is 0 Å². The molecule has 1 aromatic heterocycles. The van der Waals surface area contributed by atoms with Gasteiger partial charge in [-0.25, -0.2) is 4.98 Å². The van der Waals surface area contributed by atoms with E-state index in [1.165, 1.54) is 5.56 Å². The molecule has 0 bridgehead atoms. The van der Waals surface area contributed by atoms with Crippen LogP contribution in [0, 0.1) is 0 Å². The number of hydrogen-bond acceptors (Lipinski definition) is 4. The molecule has 0 saturated carbocycles. The first-order valence-electron chi connectivity index (χ1n) is 6.20. The molecule has 2 aromatic rings. The highest BCUT2D eigenvalue weighted by atomic mass is 16.5. The highest BCUT2D eigenvalue weighted by molar-refractivity contribution is 5.31. The van der Waals surface area contributed by atoms with Crippen LogP contribution in [-0.4, -0.2) is 36.9 Å². The Morgan fingerprint density at radius 1 is 1.32 bits per heavy atom. The Hall–Kier alpha value is -2.01. The molecule has 5 heteroatoms. The van der Waals surface area contributed by atoms with Crippen LogP contribution in [0.5, 0.6) is 5.75 Å². The molecule has 0 aliphatic carbocycles. The van der Waals surface area contributed by atoms with E-state index in [4.69, 9.17) is 9.47 Å². The quantitative estimate of drug-likeness (QED) is 0.774. The van der Waals surface area contributed by atoms with Gasteiger partial charge in [0.15, 0.2) is 0 Å². The van der Waals surface area contributed by atoms with E-state index in [2.05, 4.69) is 20.9 Å². The predicted molar refractivity (Wildman–Crippen MR) is 74.7 cm³/mol. The number of nitrogens with zero attached hydrogens (tertiary/aromatic N) is 2. The summed E-state index contributed by atoms with van der Waals surface area (Å²) in [5, 5.41) is 3.24. The molecule has 0 aliphatic heterocycles. The molecule has 0 unspecified atom stereocenters. The Morgan fingerprint density at radius 2 is 2.21 bits per heavy atom. The van der Waals surface area contributed by atoms with Crippen LogP contribution in [0.3, 0.4) is 0 Å². The third kappa shape index (κ3) is 3.72. The lowest BCUT2D eigenvalue weighted by molar-refractivity contribution is 0.210. The summed E-state index contributed by atoms with van der Waals surface area (Å²) in [5.74, 6) is 1.71. The maximum Gasteiger partial charge on any atom is 0.203 e. The number of anilines is 1. The van der Waals surface area contributed by atoms with Crippen molar-refractivity contribution in [3.8, 4) is 5.75 Å². The van der Waals surface area contributed by atoms with Gasteiger partial charge in [0.25, 0.3) is 0 Å². The number of ether oxygens (including phenoxy) is 2. The van der Waals surface area contributed by atoms with Gasteiger partial charge in [0.1, 0.15) is 5.75 Å². The van der Waals surface area contributed by atoms with Crippen LogP contribution < -0.4 is 10.1 Å². The monoisotopic (exact) mass is 261 g/mol. The van der Waals surface area contributed by atoms with Gasteiger partial charge in [-0.05, 0) is 17.7 Å². The standard InChI is InChI=1S/C14H19N3O2/c1-18-9-7-16-14-15-6-8-17(14)11-12-4-3-5-13(10-12)19-2/h3-6,8,10H,7,9,11H2,1-2H3,(H,15,16). The first-order valence-corrected chi connectivity index (χ1v) is 6.20. The number of imidazole rings is 1. The van der Waals surface area contributed by atoms with Crippen LogP contribution in [0.25, 0.3) is 0 Å². The van der Waals surface area contributed by atoms with Crippen molar-refractivity contribution < 1.29 is 9.47 Å². The van der Waals surface area contributed by atoms with E-state index in [9.17, 15) is 0 Å². The normalized spacial score (nSPS) is 10.4. The van der Waals surface area contributed by atoms with E-state index in [0.717, 1.165) is 24.8 Å². The lowest BCUT2D eigenvalue weighted by atomic mass is 10.2. The SMILES string of the molecule is COCCNc1nccn1Cc1cccc(OC)c1. The van der Waals surface area contributed by atoms with Crippen molar-refractivity contribution in [1.29, 1.82) is 0 Å². The summed E-state index contributed by atoms with van der Waals surface area (Å²) in [4.78, 5) is 4.29. The molecule has 0 radical (unpaired) electrons. The van der Waals surface area contributed by atoms with E-state index in [-0.39, 0.29) is 0 Å². The van der Waals surface area contributed by atoms with Crippen LogP contribution in [0.1, 0.15) is 5.56 Å². The van der Waals surface area contributed by atoms with Crippen LogP contribution in [0.15, 0.2) is 36.7 Å². The van der Waals surface area contributed by atoms with E-state index in [0.29, 0.717) is 6.61 Å². The van der Waals surface area contributed by atoms with E-state index >= 15 is 0 Å². The van der Waals surface area contributed by atoms with E-state index in [1.807, 2.05) is 24.4 Å². The molecule has 0 spiro atoms. The summed E-state index contributed by atoms with van der Waals surface area (Å²) < 4.78 is 12.3. The second kappa shape index (κ2) is 6.80. The van der Waals surface area contributed by atoms with E-state index in [1.54, 1.807) is 20.4 Å². The summed E-state index contributed by atoms with van der Waals surface area (Å²) in [7, 11) is 3.36. The largest absolute Gasteiger partial charge is 0.497 e. The van der Waals surface area contributed by atoms with Gasteiger partial charge in [0.2, 0.25) is 5.95 Å². The predicted octanol–water partition coefficient (Wildman–Crippen LogP) is 2.00. The Labute approximate surface area is 113 Å². The van der Waals surface area contributed by atoms with Crippen LogP contribution in [0.2, 0.25) is 0 Å². The Bertz CT molecular complexity index is 511. The van der Waals surface area contributed by atoms with Crippen molar-refractivity contribution in [2.24, 2.45) is 0 Å². The molecule has 0 fully saturated rings. The van der Waals surface area contributed by atoms with Gasteiger partial charge in [-0.15, -0.1) is 0 Å². The minimum Gasteiger partial charge on any atom is -0.497 e. The highest BCUT2D eigenvalue weighted by Gasteiger charge is 2.03. The van der Waals surface area contributed by atoms with Gasteiger partial charge in [-0.2, -0.15) is 0 Å². The molecule has 102 valence electrons. The van der Waals surface area contributed by atoms with Crippen molar-refractivity contribution in [2.45, 2.75) is 6.54 Å². The number of methoxy groups -OCH3 is 2. The molecular weight excluding hydrogens is 242 g/mol. The van der Waals surface area contributed by atoms with Crippen LogP contribution in [-0.2, 0) is 11.3 Å². The molecule has 0 atom stereocenters. The second-order valence-electron chi connectivity index (χ2n) is 4.15. The lowest BCUT2D eigenvalue weighted by Crippen LogP contribution is -2.12. The summed E-state index contributed by atoms with van der Waals surface area (Å²) >= 11 is 0. The van der Waals surface area contributed by atoms with Crippen molar-refractivity contribution in [2.75, 3.05) is 32.7 Å². The maximum absolute atomic E-state index is 5.23. The summed E-state index contributed by atoms with van der Waals surface area (Å²) in [6, 6.07) is 8.03. The third-order valence-electron chi connectivity index (χ3n) is 2.79. The average molecular weight is 261 g/mol. The smallest absolute Gasteiger partial charge is 0.203 e. The first kappa shape index (κ1) is 13.4. The number of benzene rings is 1. The topological polar surface area (TPSA) is 48.3 Å². The lowest BCUT2D eigenvalue weighted by Gasteiger charge is -2.10. The van der Waals surface area contributed by atoms with Gasteiger partial charge in [0.05, 0.1) is 20.3 Å². The molecule has 1 aromatic carbocycles. The van der Waals surface area contributed by atoms with Gasteiger partial charge in [0, 0.05) is 26.0 Å². The van der Waals surface area contributed by atoms with Crippen molar-refractivity contribution >= 4 is 5.95 Å². The summed E-state index contributed by atoms with van der Waals surface area (Å²) in [6.07, 6.45) is 3.74. The number of rotatable bonds is 7. The zero-order valence-corrected chi connectivity index (χ0v) is 11.3. The van der Waals surface area contributed by atoms with Crippen molar-refractivity contribution in [3.05, 3.63) is 42.2 Å². The molecule has 1 heterocycles. The minimum atomic E-state index is 0.659. The summed E-state index contributed by atoms with van der Waals surface area (Å²) in [6.45, 7) is 2.16. The molecular formula is C14H19N3O2. The zero-order chi connectivity index (χ0) is 13.5. The second-order valence-corrected chi connectivity index (χ2v) is 4.15. The molecule has 2 rings (SSSR count). The van der Waals surface area contributed by atoms with E-state index < -0.39 is 0 Å². The van der Waals surface area contributed by atoms with Crippen molar-refractivity contribution in [1.82, 2.24) is 9.55 Å². The van der Waals surface area contributed by atoms with Gasteiger partial charge >= 0.3 is 0 Å². The Morgan fingerprint density at radius 3 is 3.00 bits per heavy atom. The average Bonchev–Trinajstić information content (AvgIpc) is 2.87. The fourth-order valence-corrected chi connectivity index (χ4v) is 1.84. The maximum atomic E-state index is 5.23. The van der Waals surface area contributed by atoms with Gasteiger partial charge in [-0.3, -0.25) is 0 Å². The fraction of sp³-hybridized carbons (Fsp3) is 0.357.